The van der Waals surface area contributed by atoms with E-state index in [1.54, 1.807) is 30.0 Å². The highest BCUT2D eigenvalue weighted by Gasteiger charge is 2.32. The van der Waals surface area contributed by atoms with Crippen molar-refractivity contribution in [1.29, 1.82) is 0 Å². The van der Waals surface area contributed by atoms with Gasteiger partial charge in [0.25, 0.3) is 10.0 Å². The number of carbonyl (C=O) groups is 2. The highest BCUT2D eigenvalue weighted by atomic mass is 35.5. The zero-order valence-corrected chi connectivity index (χ0v) is 19.9. The number of rotatable bonds is 7. The summed E-state index contributed by atoms with van der Waals surface area (Å²) in [4.78, 5) is 26.6. The highest BCUT2D eigenvalue weighted by Crippen LogP contribution is 2.31. The van der Waals surface area contributed by atoms with Gasteiger partial charge in [0.1, 0.15) is 6.54 Å². The molecule has 1 amide bonds. The number of esters is 1. The van der Waals surface area contributed by atoms with Gasteiger partial charge in [0.15, 0.2) is 0 Å². The molecule has 172 valence electrons. The molecule has 1 fully saturated rings. The summed E-state index contributed by atoms with van der Waals surface area (Å²) in [6.07, 6.45) is 0.950. The molecule has 0 bridgehead atoms. The first-order chi connectivity index (χ1) is 15.2. The third-order valence-corrected chi connectivity index (χ3v) is 7.80. The molecule has 1 aliphatic heterocycles. The van der Waals surface area contributed by atoms with E-state index < -0.39 is 16.6 Å². The standard InChI is InChI=1S/C22H24Cl2N2O5S/c1-2-31-22(28)16-10-12-25(13-11-16)21(27)15-26(17-8-9-19(23)20(24)14-17)32(29,30)18-6-4-3-5-7-18/h3-9,14,16H,2,10-13,15H2,1H3. The Bertz CT molecular complexity index is 1070. The number of likely N-dealkylation sites (tertiary alicyclic amines) is 1. The first-order valence-corrected chi connectivity index (χ1v) is 12.4. The van der Waals surface area contributed by atoms with E-state index in [9.17, 15) is 18.0 Å². The van der Waals surface area contributed by atoms with Crippen LogP contribution in [-0.2, 0) is 24.3 Å². The molecule has 0 N–H and O–H groups in total. The predicted molar refractivity (Wildman–Crippen MR) is 123 cm³/mol. The van der Waals surface area contributed by atoms with Crippen LogP contribution in [0.3, 0.4) is 0 Å². The van der Waals surface area contributed by atoms with Crippen LogP contribution >= 0.6 is 23.2 Å². The van der Waals surface area contributed by atoms with Crippen molar-refractivity contribution in [3.05, 3.63) is 58.6 Å². The topological polar surface area (TPSA) is 84.0 Å². The average Bonchev–Trinajstić information content (AvgIpc) is 2.80. The number of anilines is 1. The maximum atomic E-state index is 13.4. The molecule has 1 aliphatic rings. The number of hydrogen-bond donors (Lipinski definition) is 0. The second-order valence-electron chi connectivity index (χ2n) is 7.33. The third-order valence-electron chi connectivity index (χ3n) is 5.27. The van der Waals surface area contributed by atoms with Crippen LogP contribution in [0.15, 0.2) is 53.4 Å². The van der Waals surface area contributed by atoms with Gasteiger partial charge in [-0.2, -0.15) is 0 Å². The number of nitrogens with zero attached hydrogens (tertiary/aromatic N) is 2. The van der Waals surface area contributed by atoms with Crippen LogP contribution in [0, 0.1) is 5.92 Å². The molecule has 2 aromatic carbocycles. The van der Waals surface area contributed by atoms with Crippen molar-refractivity contribution in [2.24, 2.45) is 5.92 Å². The van der Waals surface area contributed by atoms with Crippen LogP contribution in [0.1, 0.15) is 19.8 Å². The van der Waals surface area contributed by atoms with Crippen LogP contribution in [0.5, 0.6) is 0 Å². The van der Waals surface area contributed by atoms with Crippen LogP contribution < -0.4 is 4.31 Å². The Balaban J connectivity index is 1.83. The molecule has 10 heteroatoms. The summed E-state index contributed by atoms with van der Waals surface area (Å²) < 4.78 is 32.8. The molecule has 0 aromatic heterocycles. The second kappa shape index (κ2) is 10.6. The van der Waals surface area contributed by atoms with Crippen molar-refractivity contribution in [2.75, 3.05) is 30.5 Å². The Hall–Kier alpha value is -2.29. The first kappa shape index (κ1) is 24.4. The van der Waals surface area contributed by atoms with E-state index in [-0.39, 0.29) is 38.4 Å². The summed E-state index contributed by atoms with van der Waals surface area (Å²) in [5, 5.41) is 0.458. The summed E-state index contributed by atoms with van der Waals surface area (Å²) in [6.45, 7) is 2.36. The molecule has 2 aromatic rings. The van der Waals surface area contributed by atoms with Gasteiger partial charge in [0.2, 0.25) is 5.91 Å². The van der Waals surface area contributed by atoms with Crippen molar-refractivity contribution >= 4 is 50.8 Å². The number of halogens is 2. The number of piperidine rings is 1. The zero-order chi connectivity index (χ0) is 23.3. The van der Waals surface area contributed by atoms with E-state index in [2.05, 4.69) is 0 Å². The summed E-state index contributed by atoms with van der Waals surface area (Å²) in [7, 11) is -4.04. The molecule has 1 saturated heterocycles. The smallest absolute Gasteiger partial charge is 0.309 e. The monoisotopic (exact) mass is 498 g/mol. The quantitative estimate of drug-likeness (QED) is 0.538. The Morgan fingerprint density at radius 2 is 1.72 bits per heavy atom. The molecular formula is C22H24Cl2N2O5S. The Morgan fingerprint density at radius 1 is 1.06 bits per heavy atom. The molecular weight excluding hydrogens is 475 g/mol. The maximum absolute atomic E-state index is 13.4. The lowest BCUT2D eigenvalue weighted by Gasteiger charge is -2.33. The number of benzene rings is 2. The van der Waals surface area contributed by atoms with Crippen LogP contribution in [0.25, 0.3) is 0 Å². The van der Waals surface area contributed by atoms with Crippen molar-refractivity contribution in [3.8, 4) is 0 Å². The molecule has 3 rings (SSSR count). The van der Waals surface area contributed by atoms with Gasteiger partial charge in [-0.05, 0) is 50.1 Å². The van der Waals surface area contributed by atoms with Gasteiger partial charge in [-0.1, -0.05) is 41.4 Å². The summed E-state index contributed by atoms with van der Waals surface area (Å²) >= 11 is 12.1. The van der Waals surface area contributed by atoms with Crippen molar-refractivity contribution < 1.29 is 22.7 Å². The van der Waals surface area contributed by atoms with Gasteiger partial charge in [-0.3, -0.25) is 13.9 Å². The number of sulfonamides is 1. The lowest BCUT2D eigenvalue weighted by Crippen LogP contribution is -2.46. The zero-order valence-electron chi connectivity index (χ0n) is 17.5. The highest BCUT2D eigenvalue weighted by molar-refractivity contribution is 7.92. The van der Waals surface area contributed by atoms with Crippen molar-refractivity contribution in [3.63, 3.8) is 0 Å². The average molecular weight is 499 g/mol. The van der Waals surface area contributed by atoms with Gasteiger partial charge in [-0.15, -0.1) is 0 Å². The molecule has 1 heterocycles. The predicted octanol–water partition coefficient (Wildman–Crippen LogP) is 3.99. The number of amides is 1. The normalized spacial score (nSPS) is 14.8. The van der Waals surface area contributed by atoms with E-state index in [0.29, 0.717) is 32.5 Å². The largest absolute Gasteiger partial charge is 0.466 e. The van der Waals surface area contributed by atoms with Gasteiger partial charge >= 0.3 is 5.97 Å². The first-order valence-electron chi connectivity index (χ1n) is 10.2. The minimum Gasteiger partial charge on any atom is -0.466 e. The Labute approximate surface area is 197 Å². The number of carbonyl (C=O) groups excluding carboxylic acids is 2. The lowest BCUT2D eigenvalue weighted by molar-refractivity contribution is -0.151. The van der Waals surface area contributed by atoms with Gasteiger partial charge in [-0.25, -0.2) is 8.42 Å². The minimum absolute atomic E-state index is 0.0555. The van der Waals surface area contributed by atoms with Gasteiger partial charge in [0.05, 0.1) is 33.2 Å². The molecule has 0 atom stereocenters. The Morgan fingerprint density at radius 3 is 2.31 bits per heavy atom. The van der Waals surface area contributed by atoms with Crippen LogP contribution in [0.4, 0.5) is 5.69 Å². The van der Waals surface area contributed by atoms with E-state index in [1.165, 1.54) is 30.3 Å². The van der Waals surface area contributed by atoms with Crippen LogP contribution in [-0.4, -0.2) is 51.4 Å². The van der Waals surface area contributed by atoms with Gasteiger partial charge in [0, 0.05) is 13.1 Å². The van der Waals surface area contributed by atoms with E-state index in [1.807, 2.05) is 0 Å². The molecule has 32 heavy (non-hydrogen) atoms. The second-order valence-corrected chi connectivity index (χ2v) is 10.0. The molecule has 0 saturated carbocycles. The van der Waals surface area contributed by atoms with Crippen molar-refractivity contribution in [2.45, 2.75) is 24.7 Å². The van der Waals surface area contributed by atoms with E-state index in [0.717, 1.165) is 4.31 Å². The Kier molecular flexibility index (Phi) is 8.03. The fourth-order valence-electron chi connectivity index (χ4n) is 3.52. The number of hydrogen-bond acceptors (Lipinski definition) is 5. The van der Waals surface area contributed by atoms with E-state index >= 15 is 0 Å². The molecule has 0 spiro atoms. The molecule has 0 radical (unpaired) electrons. The molecule has 0 aliphatic carbocycles. The van der Waals surface area contributed by atoms with Crippen LogP contribution in [0.2, 0.25) is 10.0 Å². The minimum atomic E-state index is -4.04. The van der Waals surface area contributed by atoms with E-state index in [4.69, 9.17) is 27.9 Å². The third kappa shape index (κ3) is 5.54. The van der Waals surface area contributed by atoms with Gasteiger partial charge < -0.3 is 9.64 Å². The number of ether oxygens (including phenoxy) is 1. The summed E-state index contributed by atoms with van der Waals surface area (Å²) in [5.74, 6) is -0.875. The fourth-order valence-corrected chi connectivity index (χ4v) is 5.24. The summed E-state index contributed by atoms with van der Waals surface area (Å²) in [6, 6.07) is 12.3. The lowest BCUT2D eigenvalue weighted by atomic mass is 9.97. The summed E-state index contributed by atoms with van der Waals surface area (Å²) in [5.41, 5.74) is 0.234. The molecule has 7 nitrogen and oxygen atoms in total. The fraction of sp³-hybridized carbons (Fsp3) is 0.364. The SMILES string of the molecule is CCOC(=O)C1CCN(C(=O)CN(c2ccc(Cl)c(Cl)c2)S(=O)(=O)c2ccccc2)CC1. The van der Waals surface area contributed by atoms with Crippen molar-refractivity contribution in [1.82, 2.24) is 4.90 Å². The molecule has 0 unspecified atom stereocenters. The maximum Gasteiger partial charge on any atom is 0.309 e.